The van der Waals surface area contributed by atoms with Crippen molar-refractivity contribution in [2.24, 2.45) is 5.73 Å². The second kappa shape index (κ2) is 6.62. The first-order valence-electron chi connectivity index (χ1n) is 7.43. The molecule has 1 heterocycles. The number of hydrogen-bond acceptors (Lipinski definition) is 3. The highest BCUT2D eigenvalue weighted by atomic mass is 16.5. The Morgan fingerprint density at radius 1 is 1.23 bits per heavy atom. The highest BCUT2D eigenvalue weighted by Crippen LogP contribution is 2.28. The van der Waals surface area contributed by atoms with Crippen molar-refractivity contribution in [1.29, 1.82) is 0 Å². The number of amides is 1. The highest BCUT2D eigenvalue weighted by molar-refractivity contribution is 5.93. The molecule has 0 aliphatic carbocycles. The SMILES string of the molecule is NC(=O)c1ccc2c(c1)CCC(COCc1ccccc1)O2. The minimum Gasteiger partial charge on any atom is -0.488 e. The van der Waals surface area contributed by atoms with Gasteiger partial charge in [0.1, 0.15) is 11.9 Å². The number of carbonyl (C=O) groups is 1. The Morgan fingerprint density at radius 2 is 2.05 bits per heavy atom. The third-order valence-corrected chi connectivity index (χ3v) is 3.79. The van der Waals surface area contributed by atoms with Crippen molar-refractivity contribution in [3.05, 3.63) is 65.2 Å². The smallest absolute Gasteiger partial charge is 0.248 e. The number of benzene rings is 2. The van der Waals surface area contributed by atoms with E-state index in [1.54, 1.807) is 6.07 Å². The van der Waals surface area contributed by atoms with Crippen LogP contribution in [0.1, 0.15) is 27.9 Å². The second-order valence-corrected chi connectivity index (χ2v) is 5.47. The van der Waals surface area contributed by atoms with Gasteiger partial charge in [0.25, 0.3) is 0 Å². The number of primary amides is 1. The van der Waals surface area contributed by atoms with Gasteiger partial charge in [-0.15, -0.1) is 0 Å². The quantitative estimate of drug-likeness (QED) is 0.923. The van der Waals surface area contributed by atoms with Gasteiger partial charge in [-0.1, -0.05) is 30.3 Å². The Labute approximate surface area is 129 Å². The summed E-state index contributed by atoms with van der Waals surface area (Å²) in [6.45, 7) is 1.15. The maximum Gasteiger partial charge on any atom is 0.248 e. The van der Waals surface area contributed by atoms with Crippen LogP contribution in [0.3, 0.4) is 0 Å². The molecule has 2 aromatic carbocycles. The summed E-state index contributed by atoms with van der Waals surface area (Å²) in [6.07, 6.45) is 1.80. The van der Waals surface area contributed by atoms with E-state index in [9.17, 15) is 4.79 Å². The van der Waals surface area contributed by atoms with Crippen molar-refractivity contribution < 1.29 is 14.3 Å². The molecule has 0 aromatic heterocycles. The summed E-state index contributed by atoms with van der Waals surface area (Å²) >= 11 is 0. The average molecular weight is 297 g/mol. The van der Waals surface area contributed by atoms with Crippen molar-refractivity contribution in [3.63, 3.8) is 0 Å². The lowest BCUT2D eigenvalue weighted by atomic mass is 10.00. The molecule has 1 aliphatic rings. The van der Waals surface area contributed by atoms with Gasteiger partial charge in [-0.25, -0.2) is 0 Å². The summed E-state index contributed by atoms with van der Waals surface area (Å²) in [6, 6.07) is 15.4. The maximum atomic E-state index is 11.2. The lowest BCUT2D eigenvalue weighted by Gasteiger charge is -2.26. The molecule has 0 radical (unpaired) electrons. The Kier molecular flexibility index (Phi) is 4.39. The summed E-state index contributed by atoms with van der Waals surface area (Å²) in [5.74, 6) is 0.417. The minimum absolute atomic E-state index is 0.0515. The molecule has 0 saturated carbocycles. The zero-order valence-corrected chi connectivity index (χ0v) is 12.3. The molecule has 1 atom stereocenters. The van der Waals surface area contributed by atoms with E-state index in [1.165, 1.54) is 0 Å². The van der Waals surface area contributed by atoms with E-state index < -0.39 is 5.91 Å². The second-order valence-electron chi connectivity index (χ2n) is 5.47. The first-order valence-corrected chi connectivity index (χ1v) is 7.43. The molecule has 0 saturated heterocycles. The molecule has 22 heavy (non-hydrogen) atoms. The topological polar surface area (TPSA) is 61.6 Å². The third-order valence-electron chi connectivity index (χ3n) is 3.79. The van der Waals surface area contributed by atoms with Crippen molar-refractivity contribution >= 4 is 5.91 Å². The van der Waals surface area contributed by atoms with Crippen molar-refractivity contribution in [3.8, 4) is 5.75 Å². The molecule has 114 valence electrons. The predicted octanol–water partition coefficient (Wildman–Crippen LogP) is 2.70. The van der Waals surface area contributed by atoms with E-state index in [-0.39, 0.29) is 6.10 Å². The van der Waals surface area contributed by atoms with Crippen molar-refractivity contribution in [1.82, 2.24) is 0 Å². The Morgan fingerprint density at radius 3 is 2.82 bits per heavy atom. The number of rotatable bonds is 5. The van der Waals surface area contributed by atoms with Crippen LogP contribution in [0.25, 0.3) is 0 Å². The number of aryl methyl sites for hydroxylation is 1. The molecule has 1 aliphatic heterocycles. The zero-order valence-electron chi connectivity index (χ0n) is 12.3. The molecule has 4 heteroatoms. The van der Waals surface area contributed by atoms with Gasteiger partial charge in [0.15, 0.2) is 0 Å². The molecule has 3 rings (SSSR count). The van der Waals surface area contributed by atoms with Gasteiger partial charge in [-0.3, -0.25) is 4.79 Å². The first kappa shape index (κ1) is 14.6. The van der Waals surface area contributed by atoms with Crippen LogP contribution < -0.4 is 10.5 Å². The van der Waals surface area contributed by atoms with Crippen LogP contribution in [-0.2, 0) is 17.8 Å². The van der Waals surface area contributed by atoms with Crippen LogP contribution >= 0.6 is 0 Å². The van der Waals surface area contributed by atoms with Gasteiger partial charge >= 0.3 is 0 Å². The molecular formula is C18H19NO3. The van der Waals surface area contributed by atoms with Gasteiger partial charge in [-0.05, 0) is 42.2 Å². The fourth-order valence-electron chi connectivity index (χ4n) is 2.60. The number of fused-ring (bicyclic) bond motifs is 1. The maximum absolute atomic E-state index is 11.2. The lowest BCUT2D eigenvalue weighted by Crippen LogP contribution is -2.28. The normalized spacial score (nSPS) is 16.6. The summed E-state index contributed by atoms with van der Waals surface area (Å²) < 4.78 is 11.7. The van der Waals surface area contributed by atoms with E-state index in [0.717, 1.165) is 29.7 Å². The van der Waals surface area contributed by atoms with Gasteiger partial charge in [0, 0.05) is 5.56 Å². The number of ether oxygens (including phenoxy) is 2. The van der Waals surface area contributed by atoms with Gasteiger partial charge in [-0.2, -0.15) is 0 Å². The standard InChI is InChI=1S/C18H19NO3/c19-18(20)15-7-9-17-14(10-15)6-8-16(22-17)12-21-11-13-4-2-1-3-5-13/h1-5,7,9-10,16H,6,8,11-12H2,(H2,19,20). The van der Waals surface area contributed by atoms with Crippen LogP contribution in [-0.4, -0.2) is 18.6 Å². The summed E-state index contributed by atoms with van der Waals surface area (Å²) in [4.78, 5) is 11.2. The highest BCUT2D eigenvalue weighted by Gasteiger charge is 2.20. The summed E-state index contributed by atoms with van der Waals surface area (Å²) in [7, 11) is 0. The molecule has 0 fully saturated rings. The zero-order chi connectivity index (χ0) is 15.4. The fraction of sp³-hybridized carbons (Fsp3) is 0.278. The van der Waals surface area contributed by atoms with Gasteiger partial charge in [0.2, 0.25) is 5.91 Å². The monoisotopic (exact) mass is 297 g/mol. The largest absolute Gasteiger partial charge is 0.488 e. The number of carbonyl (C=O) groups excluding carboxylic acids is 1. The molecule has 4 nitrogen and oxygen atoms in total. The van der Waals surface area contributed by atoms with Gasteiger partial charge < -0.3 is 15.2 Å². The first-order chi connectivity index (χ1) is 10.7. The van der Waals surface area contributed by atoms with Crippen LogP contribution in [0.4, 0.5) is 0 Å². The number of hydrogen-bond donors (Lipinski definition) is 1. The van der Waals surface area contributed by atoms with Crippen molar-refractivity contribution in [2.75, 3.05) is 6.61 Å². The molecular weight excluding hydrogens is 278 g/mol. The van der Waals surface area contributed by atoms with E-state index in [0.29, 0.717) is 18.8 Å². The van der Waals surface area contributed by atoms with E-state index in [2.05, 4.69) is 0 Å². The molecule has 2 N–H and O–H groups in total. The summed E-state index contributed by atoms with van der Waals surface area (Å²) in [5.41, 5.74) is 8.02. The molecule has 2 aromatic rings. The average Bonchev–Trinajstić information content (AvgIpc) is 2.55. The van der Waals surface area contributed by atoms with Crippen LogP contribution in [0.15, 0.2) is 48.5 Å². The molecule has 0 bridgehead atoms. The van der Waals surface area contributed by atoms with E-state index in [1.807, 2.05) is 42.5 Å². The predicted molar refractivity (Wildman–Crippen MR) is 83.8 cm³/mol. The van der Waals surface area contributed by atoms with E-state index >= 15 is 0 Å². The minimum atomic E-state index is -0.406. The van der Waals surface area contributed by atoms with Gasteiger partial charge in [0.05, 0.1) is 13.2 Å². The van der Waals surface area contributed by atoms with E-state index in [4.69, 9.17) is 15.2 Å². The van der Waals surface area contributed by atoms with Crippen LogP contribution in [0.5, 0.6) is 5.75 Å². The van der Waals surface area contributed by atoms with Crippen LogP contribution in [0, 0.1) is 0 Å². The lowest BCUT2D eigenvalue weighted by molar-refractivity contribution is 0.0316. The third kappa shape index (κ3) is 3.46. The fourth-order valence-corrected chi connectivity index (χ4v) is 2.60. The molecule has 1 amide bonds. The summed E-state index contributed by atoms with van der Waals surface area (Å²) in [5, 5.41) is 0. The van der Waals surface area contributed by atoms with Crippen LogP contribution in [0.2, 0.25) is 0 Å². The van der Waals surface area contributed by atoms with Crippen molar-refractivity contribution in [2.45, 2.75) is 25.6 Å². The Bertz CT molecular complexity index is 655. The molecule has 1 unspecified atom stereocenters. The Hall–Kier alpha value is -2.33. The molecule has 0 spiro atoms. The number of nitrogens with two attached hydrogens (primary N) is 1. The Balaban J connectivity index is 1.55.